The average molecular weight is 353 g/mol. The second-order valence-electron chi connectivity index (χ2n) is 6.36. The van der Waals surface area contributed by atoms with Crippen LogP contribution in [-0.2, 0) is 11.3 Å². The Morgan fingerprint density at radius 2 is 1.83 bits per heavy atom. The summed E-state index contributed by atoms with van der Waals surface area (Å²) in [5.74, 6) is -0.267. The van der Waals surface area contributed by atoms with Crippen LogP contribution in [0, 0.1) is 0 Å². The molecule has 1 aromatic rings. The molecule has 2 N–H and O–H groups in total. The molecular formula is C17H25ClN4O2. The number of amides is 3. The normalized spacial score (nSPS) is 16.2. The standard InChI is InChI=1S/C17H25ClN4O2/c1-13(2)19-17(24)20-16(23)12-22-8-6-21(7-9-22)11-14-4-3-5-15(18)10-14/h3-5,10,13H,6-9,11-12H2,1-2H3,(H2,19,20,23,24). The number of imide groups is 1. The van der Waals surface area contributed by atoms with Crippen molar-refractivity contribution in [2.75, 3.05) is 32.7 Å². The number of nitrogens with one attached hydrogen (secondary N) is 2. The Labute approximate surface area is 148 Å². The van der Waals surface area contributed by atoms with Crippen LogP contribution in [0.15, 0.2) is 24.3 Å². The van der Waals surface area contributed by atoms with Crippen LogP contribution < -0.4 is 10.6 Å². The lowest BCUT2D eigenvalue weighted by Gasteiger charge is -2.34. The fourth-order valence-corrected chi connectivity index (χ4v) is 2.88. The van der Waals surface area contributed by atoms with Gasteiger partial charge >= 0.3 is 6.03 Å². The average Bonchev–Trinajstić information content (AvgIpc) is 2.48. The van der Waals surface area contributed by atoms with Gasteiger partial charge in [0, 0.05) is 43.8 Å². The highest BCUT2D eigenvalue weighted by atomic mass is 35.5. The number of carbonyl (C=O) groups excluding carboxylic acids is 2. The first kappa shape index (κ1) is 18.7. The molecule has 1 aliphatic rings. The van der Waals surface area contributed by atoms with E-state index in [9.17, 15) is 9.59 Å². The van der Waals surface area contributed by atoms with Gasteiger partial charge in [-0.15, -0.1) is 0 Å². The van der Waals surface area contributed by atoms with Gasteiger partial charge in [0.05, 0.1) is 6.54 Å². The van der Waals surface area contributed by atoms with Crippen molar-refractivity contribution >= 4 is 23.5 Å². The zero-order valence-electron chi connectivity index (χ0n) is 14.2. The SMILES string of the molecule is CC(C)NC(=O)NC(=O)CN1CCN(Cc2cccc(Cl)c2)CC1. The molecule has 0 bridgehead atoms. The number of hydrogen-bond donors (Lipinski definition) is 2. The first-order chi connectivity index (χ1) is 11.4. The van der Waals surface area contributed by atoms with Crippen LogP contribution >= 0.6 is 11.6 Å². The Morgan fingerprint density at radius 3 is 2.46 bits per heavy atom. The van der Waals surface area contributed by atoms with Gasteiger partial charge in [-0.25, -0.2) is 4.79 Å². The Morgan fingerprint density at radius 1 is 1.17 bits per heavy atom. The molecular weight excluding hydrogens is 328 g/mol. The molecule has 1 aliphatic heterocycles. The molecule has 1 fully saturated rings. The van der Waals surface area contributed by atoms with Crippen molar-refractivity contribution in [3.63, 3.8) is 0 Å². The van der Waals surface area contributed by atoms with Gasteiger partial charge in [-0.1, -0.05) is 23.7 Å². The number of urea groups is 1. The molecule has 0 spiro atoms. The van der Waals surface area contributed by atoms with Crippen molar-refractivity contribution in [2.24, 2.45) is 0 Å². The molecule has 24 heavy (non-hydrogen) atoms. The number of nitrogens with zero attached hydrogens (tertiary/aromatic N) is 2. The van der Waals surface area contributed by atoms with Gasteiger partial charge in [0.25, 0.3) is 0 Å². The molecule has 0 unspecified atom stereocenters. The van der Waals surface area contributed by atoms with E-state index in [4.69, 9.17) is 11.6 Å². The second kappa shape index (κ2) is 9.01. The fraction of sp³-hybridized carbons (Fsp3) is 0.529. The summed E-state index contributed by atoms with van der Waals surface area (Å²) in [6, 6.07) is 7.45. The zero-order chi connectivity index (χ0) is 17.5. The monoisotopic (exact) mass is 352 g/mol. The zero-order valence-corrected chi connectivity index (χ0v) is 15.0. The maximum atomic E-state index is 11.9. The molecule has 132 valence electrons. The summed E-state index contributed by atoms with van der Waals surface area (Å²) in [6.45, 7) is 8.19. The maximum Gasteiger partial charge on any atom is 0.321 e. The molecule has 2 rings (SSSR count). The van der Waals surface area contributed by atoms with Gasteiger partial charge in [0.1, 0.15) is 0 Å². The predicted molar refractivity (Wildman–Crippen MR) is 95.0 cm³/mol. The van der Waals surface area contributed by atoms with Gasteiger partial charge in [-0.3, -0.25) is 19.9 Å². The van der Waals surface area contributed by atoms with Crippen LogP contribution in [0.2, 0.25) is 5.02 Å². The smallest absolute Gasteiger partial charge is 0.321 e. The molecule has 1 heterocycles. The lowest BCUT2D eigenvalue weighted by molar-refractivity contribution is -0.121. The summed E-state index contributed by atoms with van der Waals surface area (Å²) in [4.78, 5) is 27.8. The summed E-state index contributed by atoms with van der Waals surface area (Å²) in [6.07, 6.45) is 0. The number of benzene rings is 1. The number of hydrogen-bond acceptors (Lipinski definition) is 4. The van der Waals surface area contributed by atoms with Crippen LogP contribution in [-0.4, -0.2) is 60.5 Å². The van der Waals surface area contributed by atoms with E-state index in [-0.39, 0.29) is 18.5 Å². The first-order valence-electron chi connectivity index (χ1n) is 8.22. The Kier molecular flexibility index (Phi) is 7.02. The Bertz CT molecular complexity index is 571. The van der Waals surface area contributed by atoms with E-state index in [0.717, 1.165) is 37.7 Å². The number of rotatable bonds is 5. The molecule has 0 atom stereocenters. The quantitative estimate of drug-likeness (QED) is 0.846. The van der Waals surface area contributed by atoms with E-state index in [1.165, 1.54) is 5.56 Å². The minimum absolute atomic E-state index is 0.00725. The highest BCUT2D eigenvalue weighted by Gasteiger charge is 2.20. The Balaban J connectivity index is 1.70. The minimum atomic E-state index is -0.436. The summed E-state index contributed by atoms with van der Waals surface area (Å²) in [5.41, 5.74) is 1.19. The molecule has 6 nitrogen and oxygen atoms in total. The van der Waals surface area contributed by atoms with Crippen molar-refractivity contribution in [3.05, 3.63) is 34.9 Å². The van der Waals surface area contributed by atoms with E-state index in [1.807, 2.05) is 32.0 Å². The molecule has 3 amide bonds. The van der Waals surface area contributed by atoms with Crippen LogP contribution in [0.25, 0.3) is 0 Å². The van der Waals surface area contributed by atoms with E-state index in [1.54, 1.807) is 0 Å². The van der Waals surface area contributed by atoms with Gasteiger partial charge in [-0.2, -0.15) is 0 Å². The van der Waals surface area contributed by atoms with Crippen LogP contribution in [0.5, 0.6) is 0 Å². The van der Waals surface area contributed by atoms with Crippen molar-refractivity contribution < 1.29 is 9.59 Å². The largest absolute Gasteiger partial charge is 0.336 e. The highest BCUT2D eigenvalue weighted by Crippen LogP contribution is 2.13. The first-order valence-corrected chi connectivity index (χ1v) is 8.59. The molecule has 7 heteroatoms. The van der Waals surface area contributed by atoms with E-state index >= 15 is 0 Å². The van der Waals surface area contributed by atoms with Crippen molar-refractivity contribution in [3.8, 4) is 0 Å². The second-order valence-corrected chi connectivity index (χ2v) is 6.79. The topological polar surface area (TPSA) is 64.7 Å². The molecule has 1 saturated heterocycles. The van der Waals surface area contributed by atoms with Gasteiger partial charge in [0.2, 0.25) is 5.91 Å². The van der Waals surface area contributed by atoms with Crippen LogP contribution in [0.4, 0.5) is 4.79 Å². The summed E-state index contributed by atoms with van der Waals surface area (Å²) in [7, 11) is 0. The van der Waals surface area contributed by atoms with E-state index < -0.39 is 6.03 Å². The van der Waals surface area contributed by atoms with Gasteiger partial charge in [0.15, 0.2) is 0 Å². The molecule has 0 saturated carbocycles. The number of halogens is 1. The molecule has 0 radical (unpaired) electrons. The van der Waals surface area contributed by atoms with E-state index in [0.29, 0.717) is 0 Å². The third-order valence-corrected chi connectivity index (χ3v) is 4.04. The Hall–Kier alpha value is -1.63. The minimum Gasteiger partial charge on any atom is -0.336 e. The summed E-state index contributed by atoms with van der Waals surface area (Å²) >= 11 is 6.01. The molecule has 0 aromatic heterocycles. The third kappa shape index (κ3) is 6.47. The van der Waals surface area contributed by atoms with Crippen molar-refractivity contribution in [1.82, 2.24) is 20.4 Å². The van der Waals surface area contributed by atoms with Crippen LogP contribution in [0.1, 0.15) is 19.4 Å². The number of carbonyl (C=O) groups is 2. The summed E-state index contributed by atoms with van der Waals surface area (Å²) < 4.78 is 0. The summed E-state index contributed by atoms with van der Waals surface area (Å²) in [5, 5.41) is 5.75. The van der Waals surface area contributed by atoms with Crippen molar-refractivity contribution in [2.45, 2.75) is 26.4 Å². The number of piperazine rings is 1. The van der Waals surface area contributed by atoms with E-state index in [2.05, 4.69) is 26.5 Å². The van der Waals surface area contributed by atoms with Crippen molar-refractivity contribution in [1.29, 1.82) is 0 Å². The predicted octanol–water partition coefficient (Wildman–Crippen LogP) is 1.69. The van der Waals surface area contributed by atoms with Gasteiger partial charge < -0.3 is 5.32 Å². The molecule has 0 aliphatic carbocycles. The highest BCUT2D eigenvalue weighted by molar-refractivity contribution is 6.30. The third-order valence-electron chi connectivity index (χ3n) is 3.80. The van der Waals surface area contributed by atoms with Gasteiger partial charge in [-0.05, 0) is 31.5 Å². The fourth-order valence-electron chi connectivity index (χ4n) is 2.67. The molecule has 1 aromatic carbocycles. The van der Waals surface area contributed by atoms with Crippen LogP contribution in [0.3, 0.4) is 0 Å². The lowest BCUT2D eigenvalue weighted by atomic mass is 10.2. The maximum absolute atomic E-state index is 11.9. The lowest BCUT2D eigenvalue weighted by Crippen LogP contribution is -2.51.